The van der Waals surface area contributed by atoms with E-state index < -0.39 is 0 Å². The zero-order chi connectivity index (χ0) is 19.1. The maximum Gasteiger partial charge on any atom is 0.255 e. The number of hydrogen-bond donors (Lipinski definition) is 1. The van der Waals surface area contributed by atoms with E-state index in [4.69, 9.17) is 9.47 Å². The molecule has 0 bridgehead atoms. The lowest BCUT2D eigenvalue weighted by atomic mass is 10.1. The van der Waals surface area contributed by atoms with Crippen LogP contribution in [-0.2, 0) is 13.0 Å². The van der Waals surface area contributed by atoms with Gasteiger partial charge in [-0.2, -0.15) is 0 Å². The molecule has 0 spiro atoms. The number of ether oxygens (including phenoxy) is 2. The summed E-state index contributed by atoms with van der Waals surface area (Å²) in [7, 11) is 1.57. The lowest BCUT2D eigenvalue weighted by Crippen LogP contribution is -2.12. The van der Waals surface area contributed by atoms with Crippen LogP contribution in [0.15, 0.2) is 72.8 Å². The van der Waals surface area contributed by atoms with E-state index in [1.54, 1.807) is 25.3 Å². The number of carbonyl (C=O) groups excluding carboxylic acids is 1. The van der Waals surface area contributed by atoms with Crippen LogP contribution in [0.2, 0.25) is 0 Å². The number of rotatable bonds is 7. The van der Waals surface area contributed by atoms with Crippen LogP contribution in [0, 0.1) is 0 Å². The highest BCUT2D eigenvalue weighted by atomic mass is 16.5. The van der Waals surface area contributed by atoms with Crippen molar-refractivity contribution in [1.82, 2.24) is 0 Å². The molecule has 0 aliphatic heterocycles. The summed E-state index contributed by atoms with van der Waals surface area (Å²) in [6, 6.07) is 22.9. The average Bonchev–Trinajstić information content (AvgIpc) is 2.73. The number of carbonyl (C=O) groups is 1. The summed E-state index contributed by atoms with van der Waals surface area (Å²) in [5.74, 6) is 0.947. The first-order valence-electron chi connectivity index (χ1n) is 8.94. The van der Waals surface area contributed by atoms with E-state index in [0.29, 0.717) is 23.7 Å². The first kappa shape index (κ1) is 18.5. The number of aryl methyl sites for hydroxylation is 1. The molecule has 0 saturated carbocycles. The van der Waals surface area contributed by atoms with Gasteiger partial charge in [-0.05, 0) is 47.9 Å². The van der Waals surface area contributed by atoms with E-state index in [-0.39, 0.29) is 5.91 Å². The molecule has 0 aromatic heterocycles. The second-order valence-corrected chi connectivity index (χ2v) is 6.15. The van der Waals surface area contributed by atoms with Crippen LogP contribution in [0.5, 0.6) is 11.5 Å². The molecule has 3 aromatic carbocycles. The van der Waals surface area contributed by atoms with Crippen LogP contribution < -0.4 is 14.8 Å². The van der Waals surface area contributed by atoms with E-state index in [9.17, 15) is 4.79 Å². The minimum Gasteiger partial charge on any atom is -0.493 e. The molecule has 4 nitrogen and oxygen atoms in total. The van der Waals surface area contributed by atoms with Gasteiger partial charge in [0.25, 0.3) is 5.91 Å². The average molecular weight is 361 g/mol. The third-order valence-corrected chi connectivity index (χ3v) is 4.26. The molecule has 4 heteroatoms. The second kappa shape index (κ2) is 8.90. The summed E-state index contributed by atoms with van der Waals surface area (Å²) < 4.78 is 11.2. The third-order valence-electron chi connectivity index (χ3n) is 4.26. The van der Waals surface area contributed by atoms with Crippen molar-refractivity contribution in [2.75, 3.05) is 12.4 Å². The molecule has 3 rings (SSSR count). The Bertz CT molecular complexity index is 907. The highest BCUT2D eigenvalue weighted by Gasteiger charge is 2.12. The standard InChI is InChI=1S/C23H23NO3/c1-3-17-10-7-11-20(14-17)24-23(25)19-12-13-21(22(15-19)26-2)27-16-18-8-5-4-6-9-18/h4-15H,3,16H2,1-2H3,(H,24,25). The maximum absolute atomic E-state index is 12.6. The number of hydrogen-bond acceptors (Lipinski definition) is 3. The monoisotopic (exact) mass is 361 g/mol. The lowest BCUT2D eigenvalue weighted by Gasteiger charge is -2.13. The Morgan fingerprint density at radius 1 is 0.889 bits per heavy atom. The van der Waals surface area contributed by atoms with Gasteiger partial charge >= 0.3 is 0 Å². The van der Waals surface area contributed by atoms with E-state index in [0.717, 1.165) is 17.7 Å². The van der Waals surface area contributed by atoms with Gasteiger partial charge in [-0.3, -0.25) is 4.79 Å². The summed E-state index contributed by atoms with van der Waals surface area (Å²) >= 11 is 0. The Hall–Kier alpha value is -3.27. The molecular formula is C23H23NO3. The summed E-state index contributed by atoms with van der Waals surface area (Å²) in [6.07, 6.45) is 0.922. The molecule has 0 saturated heterocycles. The van der Waals surface area contributed by atoms with Crippen LogP contribution >= 0.6 is 0 Å². The molecule has 0 radical (unpaired) electrons. The van der Waals surface area contributed by atoms with Gasteiger partial charge in [0.05, 0.1) is 7.11 Å². The minimum absolute atomic E-state index is 0.184. The highest BCUT2D eigenvalue weighted by Crippen LogP contribution is 2.29. The molecular weight excluding hydrogens is 338 g/mol. The topological polar surface area (TPSA) is 47.6 Å². The molecule has 0 aliphatic rings. The second-order valence-electron chi connectivity index (χ2n) is 6.15. The van der Waals surface area contributed by atoms with Gasteiger partial charge in [-0.15, -0.1) is 0 Å². The fourth-order valence-corrected chi connectivity index (χ4v) is 2.74. The third kappa shape index (κ3) is 4.88. The Morgan fingerprint density at radius 2 is 1.67 bits per heavy atom. The summed E-state index contributed by atoms with van der Waals surface area (Å²) in [4.78, 5) is 12.6. The molecule has 0 heterocycles. The van der Waals surface area contributed by atoms with Crippen molar-refractivity contribution in [3.63, 3.8) is 0 Å². The fourth-order valence-electron chi connectivity index (χ4n) is 2.74. The molecule has 27 heavy (non-hydrogen) atoms. The summed E-state index contributed by atoms with van der Waals surface area (Å²) in [5, 5.41) is 2.93. The summed E-state index contributed by atoms with van der Waals surface area (Å²) in [5.41, 5.74) is 3.54. The Kier molecular flexibility index (Phi) is 6.10. The predicted octanol–water partition coefficient (Wildman–Crippen LogP) is 5.09. The van der Waals surface area contributed by atoms with Crippen molar-refractivity contribution in [3.05, 3.63) is 89.5 Å². The molecule has 3 aromatic rings. The predicted molar refractivity (Wildman–Crippen MR) is 108 cm³/mol. The number of nitrogens with one attached hydrogen (secondary N) is 1. The smallest absolute Gasteiger partial charge is 0.255 e. The lowest BCUT2D eigenvalue weighted by molar-refractivity contribution is 0.102. The Labute approximate surface area is 159 Å². The quantitative estimate of drug-likeness (QED) is 0.638. The molecule has 0 fully saturated rings. The van der Waals surface area contributed by atoms with Crippen LogP contribution in [0.3, 0.4) is 0 Å². The van der Waals surface area contributed by atoms with Crippen LogP contribution in [0.1, 0.15) is 28.4 Å². The van der Waals surface area contributed by atoms with Crippen LogP contribution in [0.25, 0.3) is 0 Å². The van der Waals surface area contributed by atoms with Crippen molar-refractivity contribution in [2.45, 2.75) is 20.0 Å². The Balaban J connectivity index is 1.71. The molecule has 1 amide bonds. The SMILES string of the molecule is CCc1cccc(NC(=O)c2ccc(OCc3ccccc3)c(OC)c2)c1. The van der Waals surface area contributed by atoms with Gasteiger partial charge in [0.2, 0.25) is 0 Å². The van der Waals surface area contributed by atoms with Crippen LogP contribution in [0.4, 0.5) is 5.69 Å². The normalized spacial score (nSPS) is 10.3. The maximum atomic E-state index is 12.6. The highest BCUT2D eigenvalue weighted by molar-refractivity contribution is 6.04. The largest absolute Gasteiger partial charge is 0.493 e. The van der Waals surface area contributed by atoms with Gasteiger partial charge in [0.15, 0.2) is 11.5 Å². The number of methoxy groups -OCH3 is 1. The minimum atomic E-state index is -0.184. The first-order chi connectivity index (χ1) is 13.2. The van der Waals surface area contributed by atoms with Gasteiger partial charge in [-0.25, -0.2) is 0 Å². The van der Waals surface area contributed by atoms with Crippen molar-refractivity contribution in [3.8, 4) is 11.5 Å². The fraction of sp³-hybridized carbons (Fsp3) is 0.174. The molecule has 0 aliphatic carbocycles. The molecule has 0 atom stereocenters. The van der Waals surface area contributed by atoms with E-state index in [1.165, 1.54) is 5.56 Å². The van der Waals surface area contributed by atoms with Gasteiger partial charge in [-0.1, -0.05) is 49.4 Å². The van der Waals surface area contributed by atoms with Crippen molar-refractivity contribution in [2.24, 2.45) is 0 Å². The van der Waals surface area contributed by atoms with Gasteiger partial charge in [0.1, 0.15) is 6.61 Å². The van der Waals surface area contributed by atoms with E-state index >= 15 is 0 Å². The van der Waals surface area contributed by atoms with E-state index in [1.807, 2.05) is 54.6 Å². The number of amides is 1. The zero-order valence-corrected chi connectivity index (χ0v) is 15.6. The van der Waals surface area contributed by atoms with Crippen molar-refractivity contribution < 1.29 is 14.3 Å². The van der Waals surface area contributed by atoms with Crippen LogP contribution in [-0.4, -0.2) is 13.0 Å². The molecule has 1 N–H and O–H groups in total. The van der Waals surface area contributed by atoms with Crippen molar-refractivity contribution in [1.29, 1.82) is 0 Å². The molecule has 0 unspecified atom stereocenters. The Morgan fingerprint density at radius 3 is 2.41 bits per heavy atom. The number of benzene rings is 3. The zero-order valence-electron chi connectivity index (χ0n) is 15.6. The number of anilines is 1. The van der Waals surface area contributed by atoms with Crippen molar-refractivity contribution >= 4 is 11.6 Å². The van der Waals surface area contributed by atoms with E-state index in [2.05, 4.69) is 12.2 Å². The summed E-state index contributed by atoms with van der Waals surface area (Å²) in [6.45, 7) is 2.52. The van der Waals surface area contributed by atoms with Gasteiger partial charge < -0.3 is 14.8 Å². The molecule has 138 valence electrons. The van der Waals surface area contributed by atoms with Gasteiger partial charge in [0, 0.05) is 11.3 Å². The first-order valence-corrected chi connectivity index (χ1v) is 8.94.